The molecule has 0 aromatic heterocycles. The lowest BCUT2D eigenvalue weighted by molar-refractivity contribution is -0.392. The molecular weight excluding hydrogens is 334 g/mol. The third kappa shape index (κ3) is 3.99. The van der Waals surface area contributed by atoms with Crippen LogP contribution in [-0.2, 0) is 0 Å². The molecule has 2 rings (SSSR count). The van der Waals surface area contributed by atoms with E-state index in [4.69, 9.17) is 9.84 Å². The van der Waals surface area contributed by atoms with Crippen LogP contribution in [0.3, 0.4) is 0 Å². The summed E-state index contributed by atoms with van der Waals surface area (Å²) in [4.78, 5) is 31.7. The first kappa shape index (κ1) is 17.7. The summed E-state index contributed by atoms with van der Waals surface area (Å²) in [6.07, 6.45) is 0. The summed E-state index contributed by atoms with van der Waals surface area (Å²) >= 11 is 0. The summed E-state index contributed by atoms with van der Waals surface area (Å²) in [7, 11) is 0. The maximum atomic E-state index is 11.2. The van der Waals surface area contributed by atoms with Crippen LogP contribution in [0.5, 0.6) is 5.75 Å². The predicted octanol–water partition coefficient (Wildman–Crippen LogP) is 3.34. The largest absolute Gasteiger partial charge is 0.494 e. The molecule has 0 saturated carbocycles. The van der Waals surface area contributed by atoms with Gasteiger partial charge in [-0.1, -0.05) is 0 Å². The van der Waals surface area contributed by atoms with E-state index in [0.717, 1.165) is 12.1 Å². The number of aromatic carboxylic acids is 1. The summed E-state index contributed by atoms with van der Waals surface area (Å²) in [5.41, 5.74) is -2.02. The Morgan fingerprint density at radius 1 is 1.12 bits per heavy atom. The molecule has 25 heavy (non-hydrogen) atoms. The molecular formula is C15H13N3O7. The average molecular weight is 347 g/mol. The Morgan fingerprint density at radius 2 is 1.64 bits per heavy atom. The lowest BCUT2D eigenvalue weighted by atomic mass is 10.1. The molecule has 0 unspecified atom stereocenters. The maximum absolute atomic E-state index is 11.2. The molecule has 0 aliphatic heterocycles. The topological polar surface area (TPSA) is 145 Å². The molecule has 2 aromatic carbocycles. The van der Waals surface area contributed by atoms with Gasteiger partial charge in [0.2, 0.25) is 0 Å². The minimum Gasteiger partial charge on any atom is -0.494 e. The van der Waals surface area contributed by atoms with Gasteiger partial charge in [0.1, 0.15) is 5.75 Å². The molecule has 10 nitrogen and oxygen atoms in total. The van der Waals surface area contributed by atoms with Gasteiger partial charge in [-0.3, -0.25) is 20.2 Å². The van der Waals surface area contributed by atoms with Gasteiger partial charge in [0.15, 0.2) is 5.69 Å². The second-order valence-corrected chi connectivity index (χ2v) is 4.79. The van der Waals surface area contributed by atoms with Crippen LogP contribution in [0, 0.1) is 20.2 Å². The van der Waals surface area contributed by atoms with Crippen LogP contribution in [0.4, 0.5) is 22.7 Å². The molecule has 0 fully saturated rings. The second-order valence-electron chi connectivity index (χ2n) is 4.79. The van der Waals surface area contributed by atoms with Gasteiger partial charge in [-0.25, -0.2) is 4.79 Å². The van der Waals surface area contributed by atoms with Crippen molar-refractivity contribution in [1.82, 2.24) is 0 Å². The molecule has 0 saturated heterocycles. The van der Waals surface area contributed by atoms with Crippen molar-refractivity contribution in [3.63, 3.8) is 0 Å². The lowest BCUT2D eigenvalue weighted by Crippen LogP contribution is -2.06. The summed E-state index contributed by atoms with van der Waals surface area (Å²) in [6, 6.07) is 7.79. The Hall–Kier alpha value is -3.69. The van der Waals surface area contributed by atoms with E-state index >= 15 is 0 Å². The molecule has 0 amide bonds. The van der Waals surface area contributed by atoms with E-state index < -0.39 is 38.4 Å². The first-order valence-electron chi connectivity index (χ1n) is 7.03. The second kappa shape index (κ2) is 7.25. The lowest BCUT2D eigenvalue weighted by Gasteiger charge is -2.10. The van der Waals surface area contributed by atoms with Crippen LogP contribution in [0.1, 0.15) is 17.3 Å². The Morgan fingerprint density at radius 3 is 2.04 bits per heavy atom. The van der Waals surface area contributed by atoms with Gasteiger partial charge in [0.05, 0.1) is 22.0 Å². The number of carboxylic acids is 1. The van der Waals surface area contributed by atoms with Crippen molar-refractivity contribution in [3.8, 4) is 5.75 Å². The van der Waals surface area contributed by atoms with Crippen molar-refractivity contribution in [1.29, 1.82) is 0 Å². The fourth-order valence-corrected chi connectivity index (χ4v) is 2.10. The Kier molecular flexibility index (Phi) is 5.12. The number of nitrogens with one attached hydrogen (secondary N) is 1. The summed E-state index contributed by atoms with van der Waals surface area (Å²) in [5, 5.41) is 34.0. The summed E-state index contributed by atoms with van der Waals surface area (Å²) in [6.45, 7) is 2.27. The van der Waals surface area contributed by atoms with Gasteiger partial charge in [-0.2, -0.15) is 0 Å². The van der Waals surface area contributed by atoms with Crippen molar-refractivity contribution < 1.29 is 24.5 Å². The fraction of sp³-hybridized carbons (Fsp3) is 0.133. The van der Waals surface area contributed by atoms with E-state index in [-0.39, 0.29) is 0 Å². The smallest absolute Gasteiger partial charge is 0.336 e. The normalized spacial score (nSPS) is 10.1. The Balaban J connectivity index is 2.52. The number of carbonyl (C=O) groups is 1. The van der Waals surface area contributed by atoms with Crippen molar-refractivity contribution in [2.24, 2.45) is 0 Å². The number of benzene rings is 2. The van der Waals surface area contributed by atoms with Gasteiger partial charge in [0, 0.05) is 17.8 Å². The molecule has 0 radical (unpaired) electrons. The number of carboxylic acid groups (broad SMARTS) is 1. The van der Waals surface area contributed by atoms with Crippen molar-refractivity contribution >= 4 is 28.7 Å². The van der Waals surface area contributed by atoms with E-state index in [0.29, 0.717) is 18.0 Å². The number of anilines is 2. The predicted molar refractivity (Wildman–Crippen MR) is 87.6 cm³/mol. The number of nitro benzene ring substituents is 2. The molecule has 0 bridgehead atoms. The zero-order valence-corrected chi connectivity index (χ0v) is 13.0. The molecule has 0 atom stereocenters. The minimum absolute atomic E-state index is 0.345. The number of rotatable bonds is 7. The van der Waals surface area contributed by atoms with E-state index in [2.05, 4.69) is 5.32 Å². The quantitative estimate of drug-likeness (QED) is 0.573. The highest BCUT2D eigenvalue weighted by Crippen LogP contribution is 2.38. The van der Waals surface area contributed by atoms with Crippen LogP contribution in [0.15, 0.2) is 36.4 Å². The van der Waals surface area contributed by atoms with Gasteiger partial charge >= 0.3 is 17.3 Å². The molecule has 0 aliphatic rings. The van der Waals surface area contributed by atoms with Crippen LogP contribution in [0.25, 0.3) is 0 Å². The van der Waals surface area contributed by atoms with Crippen molar-refractivity contribution in [2.45, 2.75) is 6.92 Å². The van der Waals surface area contributed by atoms with E-state index in [9.17, 15) is 25.0 Å². The first-order valence-corrected chi connectivity index (χ1v) is 7.03. The molecule has 130 valence electrons. The molecule has 2 aromatic rings. The monoisotopic (exact) mass is 347 g/mol. The van der Waals surface area contributed by atoms with Gasteiger partial charge in [-0.15, -0.1) is 0 Å². The van der Waals surface area contributed by atoms with Crippen LogP contribution in [0.2, 0.25) is 0 Å². The third-order valence-electron chi connectivity index (χ3n) is 3.17. The highest BCUT2D eigenvalue weighted by atomic mass is 16.6. The SMILES string of the molecule is CCOc1ccc(Nc2c([N+](=O)[O-])cc(C(=O)O)cc2[N+](=O)[O-])cc1. The summed E-state index contributed by atoms with van der Waals surface area (Å²) < 4.78 is 5.27. The summed E-state index contributed by atoms with van der Waals surface area (Å²) in [5.74, 6) is -0.933. The van der Waals surface area contributed by atoms with Crippen molar-refractivity contribution in [2.75, 3.05) is 11.9 Å². The standard InChI is InChI=1S/C15H13N3O7/c1-2-25-11-5-3-10(4-6-11)16-14-12(17(21)22)7-9(15(19)20)8-13(14)18(23)24/h3-8,16H,2H2,1H3,(H,19,20). The average Bonchev–Trinajstić information content (AvgIpc) is 2.56. The molecule has 2 N–H and O–H groups in total. The van der Waals surface area contributed by atoms with Crippen LogP contribution >= 0.6 is 0 Å². The molecule has 0 spiro atoms. The zero-order valence-electron chi connectivity index (χ0n) is 13.0. The zero-order chi connectivity index (χ0) is 18.6. The van der Waals surface area contributed by atoms with E-state index in [1.165, 1.54) is 12.1 Å². The number of hydrogen-bond acceptors (Lipinski definition) is 7. The van der Waals surface area contributed by atoms with Crippen LogP contribution < -0.4 is 10.1 Å². The first-order chi connectivity index (χ1) is 11.8. The number of hydrogen-bond donors (Lipinski definition) is 2. The molecule has 0 heterocycles. The number of nitrogens with zero attached hydrogens (tertiary/aromatic N) is 2. The fourth-order valence-electron chi connectivity index (χ4n) is 2.10. The Labute approximate surface area is 141 Å². The number of nitro groups is 2. The number of ether oxygens (including phenoxy) is 1. The maximum Gasteiger partial charge on any atom is 0.336 e. The minimum atomic E-state index is -1.50. The van der Waals surface area contributed by atoms with Gasteiger partial charge in [-0.05, 0) is 31.2 Å². The van der Waals surface area contributed by atoms with Gasteiger partial charge in [0.25, 0.3) is 0 Å². The Bertz CT molecular complexity index is 799. The molecule has 10 heteroatoms. The molecule has 0 aliphatic carbocycles. The van der Waals surface area contributed by atoms with E-state index in [1.807, 2.05) is 6.92 Å². The van der Waals surface area contributed by atoms with Crippen molar-refractivity contribution in [3.05, 3.63) is 62.2 Å². The highest BCUT2D eigenvalue weighted by molar-refractivity contribution is 5.93. The highest BCUT2D eigenvalue weighted by Gasteiger charge is 2.28. The van der Waals surface area contributed by atoms with Crippen LogP contribution in [-0.4, -0.2) is 27.5 Å². The van der Waals surface area contributed by atoms with E-state index in [1.54, 1.807) is 12.1 Å². The van der Waals surface area contributed by atoms with Gasteiger partial charge < -0.3 is 15.2 Å². The third-order valence-corrected chi connectivity index (χ3v) is 3.17.